The summed E-state index contributed by atoms with van der Waals surface area (Å²) >= 11 is 0. The summed E-state index contributed by atoms with van der Waals surface area (Å²) < 4.78 is 30.1. The molecule has 2 aromatic carbocycles. The van der Waals surface area contributed by atoms with Gasteiger partial charge in [0.2, 0.25) is 10.0 Å². The Morgan fingerprint density at radius 3 is 2.22 bits per heavy atom. The van der Waals surface area contributed by atoms with Crippen LogP contribution in [0.4, 0.5) is 11.4 Å². The minimum absolute atomic E-state index is 0.265. The van der Waals surface area contributed by atoms with Gasteiger partial charge in [-0.2, -0.15) is 0 Å². The van der Waals surface area contributed by atoms with Crippen molar-refractivity contribution < 1.29 is 22.7 Å². The Morgan fingerprint density at radius 1 is 0.963 bits per heavy atom. The van der Waals surface area contributed by atoms with Crippen LogP contribution in [0.1, 0.15) is 38.8 Å². The van der Waals surface area contributed by atoms with Crippen molar-refractivity contribution in [3.8, 4) is 0 Å². The molecule has 0 bridgehead atoms. The summed E-state index contributed by atoms with van der Waals surface area (Å²) in [5, 5.41) is 2.77. The number of carbonyl (C=O) groups is 2. The number of anilines is 2. The average molecular weight is 390 g/mol. The van der Waals surface area contributed by atoms with E-state index in [0.717, 1.165) is 11.8 Å². The third kappa shape index (κ3) is 5.55. The van der Waals surface area contributed by atoms with Crippen molar-refractivity contribution in [3.05, 3.63) is 58.7 Å². The summed E-state index contributed by atoms with van der Waals surface area (Å²) in [4.78, 5) is 24.4. The lowest BCUT2D eigenvalue weighted by Crippen LogP contribution is -2.15. The Labute approximate surface area is 158 Å². The summed E-state index contributed by atoms with van der Waals surface area (Å²) in [5.74, 6) is -0.826. The topological polar surface area (TPSA) is 102 Å². The van der Waals surface area contributed by atoms with Gasteiger partial charge in [-0.15, -0.1) is 0 Å². The van der Waals surface area contributed by atoms with Crippen LogP contribution in [-0.4, -0.2) is 33.2 Å². The standard InChI is InChI=1S/C19H22N2O5S/c1-5-26-19(23)15-7-6-12(2)17(11-15)20-18(22)14-8-9-16(13(3)10-14)21-27(4,24)25/h6-11,21H,5H2,1-4H3,(H,20,22). The molecular weight excluding hydrogens is 368 g/mol. The maximum absolute atomic E-state index is 12.6. The van der Waals surface area contributed by atoms with Gasteiger partial charge in [0, 0.05) is 11.3 Å². The van der Waals surface area contributed by atoms with Gasteiger partial charge in [0.1, 0.15) is 0 Å². The van der Waals surface area contributed by atoms with E-state index in [0.29, 0.717) is 28.1 Å². The maximum Gasteiger partial charge on any atom is 0.338 e. The molecule has 27 heavy (non-hydrogen) atoms. The van der Waals surface area contributed by atoms with Crippen LogP contribution in [0.25, 0.3) is 0 Å². The summed E-state index contributed by atoms with van der Waals surface area (Å²) in [6.45, 7) is 5.51. The molecule has 0 aliphatic carbocycles. The predicted octanol–water partition coefficient (Wildman–Crippen LogP) is 3.10. The van der Waals surface area contributed by atoms with Crippen molar-refractivity contribution >= 4 is 33.3 Å². The van der Waals surface area contributed by atoms with Crippen molar-refractivity contribution in [2.75, 3.05) is 22.9 Å². The van der Waals surface area contributed by atoms with Gasteiger partial charge >= 0.3 is 5.97 Å². The molecule has 2 rings (SSSR count). The third-order valence-corrected chi connectivity index (χ3v) is 4.37. The lowest BCUT2D eigenvalue weighted by atomic mass is 10.1. The van der Waals surface area contributed by atoms with Crippen LogP contribution in [-0.2, 0) is 14.8 Å². The number of amides is 1. The molecule has 0 aliphatic heterocycles. The molecule has 0 atom stereocenters. The largest absolute Gasteiger partial charge is 0.462 e. The van der Waals surface area contributed by atoms with Gasteiger partial charge in [-0.1, -0.05) is 6.07 Å². The van der Waals surface area contributed by atoms with Gasteiger partial charge < -0.3 is 10.1 Å². The van der Waals surface area contributed by atoms with Gasteiger partial charge in [0.15, 0.2) is 0 Å². The van der Waals surface area contributed by atoms with Gasteiger partial charge in [-0.25, -0.2) is 13.2 Å². The average Bonchev–Trinajstić information content (AvgIpc) is 2.57. The minimum Gasteiger partial charge on any atom is -0.462 e. The van der Waals surface area contributed by atoms with Crippen molar-refractivity contribution in [1.82, 2.24) is 0 Å². The number of ether oxygens (including phenoxy) is 1. The van der Waals surface area contributed by atoms with Crippen molar-refractivity contribution in [2.45, 2.75) is 20.8 Å². The van der Waals surface area contributed by atoms with Crippen molar-refractivity contribution in [2.24, 2.45) is 0 Å². The SMILES string of the molecule is CCOC(=O)c1ccc(C)c(NC(=O)c2ccc(NS(C)(=O)=O)c(C)c2)c1. The number of carbonyl (C=O) groups excluding carboxylic acids is 2. The second-order valence-electron chi connectivity index (χ2n) is 6.11. The van der Waals surface area contributed by atoms with E-state index >= 15 is 0 Å². The van der Waals surface area contributed by atoms with Gasteiger partial charge in [0.05, 0.1) is 24.1 Å². The first-order valence-corrected chi connectivity index (χ1v) is 10.2. The highest BCUT2D eigenvalue weighted by Crippen LogP contribution is 2.21. The first-order chi connectivity index (χ1) is 12.6. The molecule has 144 valence electrons. The van der Waals surface area contributed by atoms with E-state index < -0.39 is 16.0 Å². The molecule has 0 aromatic heterocycles. The maximum atomic E-state index is 12.6. The number of benzene rings is 2. The molecule has 0 saturated carbocycles. The van der Waals surface area contributed by atoms with E-state index in [-0.39, 0.29) is 12.5 Å². The number of nitrogens with one attached hydrogen (secondary N) is 2. The van der Waals surface area contributed by atoms with E-state index in [2.05, 4.69) is 10.0 Å². The fraction of sp³-hybridized carbons (Fsp3) is 0.263. The molecule has 2 aromatic rings. The van der Waals surface area contributed by atoms with E-state index in [1.165, 1.54) is 12.1 Å². The van der Waals surface area contributed by atoms with Crippen LogP contribution in [0.5, 0.6) is 0 Å². The summed E-state index contributed by atoms with van der Waals surface area (Å²) in [5.41, 5.74) is 3.04. The molecule has 8 heteroatoms. The Bertz CT molecular complexity index is 984. The van der Waals surface area contributed by atoms with Crippen LogP contribution in [0, 0.1) is 13.8 Å². The first kappa shape index (κ1) is 20.4. The summed E-state index contributed by atoms with van der Waals surface area (Å²) in [7, 11) is -3.40. The molecule has 7 nitrogen and oxygen atoms in total. The van der Waals surface area contributed by atoms with Crippen LogP contribution < -0.4 is 10.0 Å². The summed E-state index contributed by atoms with van der Waals surface area (Å²) in [6.07, 6.45) is 1.06. The number of hydrogen-bond acceptors (Lipinski definition) is 5. The number of hydrogen-bond donors (Lipinski definition) is 2. The Hall–Kier alpha value is -2.87. The molecule has 0 saturated heterocycles. The van der Waals surface area contributed by atoms with Crippen molar-refractivity contribution in [1.29, 1.82) is 0 Å². The molecule has 0 unspecified atom stereocenters. The van der Waals surface area contributed by atoms with E-state index in [1.807, 2.05) is 6.92 Å². The first-order valence-electron chi connectivity index (χ1n) is 8.28. The Balaban J connectivity index is 2.23. The van der Waals surface area contributed by atoms with Gasteiger partial charge in [-0.3, -0.25) is 9.52 Å². The zero-order valence-corrected chi connectivity index (χ0v) is 16.4. The fourth-order valence-electron chi connectivity index (χ4n) is 2.41. The van der Waals surface area contributed by atoms with Crippen molar-refractivity contribution in [3.63, 3.8) is 0 Å². The van der Waals surface area contributed by atoms with Gasteiger partial charge in [0.25, 0.3) is 5.91 Å². The highest BCUT2D eigenvalue weighted by atomic mass is 32.2. The normalized spacial score (nSPS) is 11.0. The highest BCUT2D eigenvalue weighted by Gasteiger charge is 2.13. The van der Waals surface area contributed by atoms with E-state index in [4.69, 9.17) is 4.74 Å². The van der Waals surface area contributed by atoms with Crippen LogP contribution in [0.2, 0.25) is 0 Å². The molecule has 0 spiro atoms. The Kier molecular flexibility index (Phi) is 6.22. The zero-order valence-electron chi connectivity index (χ0n) is 15.6. The smallest absolute Gasteiger partial charge is 0.338 e. The third-order valence-electron chi connectivity index (χ3n) is 3.78. The Morgan fingerprint density at radius 2 is 1.63 bits per heavy atom. The second-order valence-corrected chi connectivity index (χ2v) is 7.86. The second kappa shape index (κ2) is 8.22. The number of aryl methyl sites for hydroxylation is 2. The number of sulfonamides is 1. The molecule has 0 fully saturated rings. The minimum atomic E-state index is -3.40. The monoisotopic (exact) mass is 390 g/mol. The molecule has 1 amide bonds. The number of rotatable bonds is 6. The van der Waals surface area contributed by atoms with Crippen LogP contribution >= 0.6 is 0 Å². The fourth-order valence-corrected chi connectivity index (χ4v) is 3.04. The molecule has 2 N–H and O–H groups in total. The lowest BCUT2D eigenvalue weighted by Gasteiger charge is -2.12. The predicted molar refractivity (Wildman–Crippen MR) is 105 cm³/mol. The zero-order chi connectivity index (χ0) is 20.2. The van der Waals surface area contributed by atoms with Crippen LogP contribution in [0.3, 0.4) is 0 Å². The molecule has 0 heterocycles. The number of esters is 1. The van der Waals surface area contributed by atoms with E-state index in [9.17, 15) is 18.0 Å². The quantitative estimate of drug-likeness (QED) is 0.738. The van der Waals surface area contributed by atoms with Gasteiger partial charge in [-0.05, 0) is 62.2 Å². The van der Waals surface area contributed by atoms with Crippen LogP contribution in [0.15, 0.2) is 36.4 Å². The molecule has 0 aliphatic rings. The van der Waals surface area contributed by atoms with E-state index in [1.54, 1.807) is 38.1 Å². The lowest BCUT2D eigenvalue weighted by molar-refractivity contribution is 0.0526. The summed E-state index contributed by atoms with van der Waals surface area (Å²) in [6, 6.07) is 9.59. The molecular formula is C19H22N2O5S. The molecule has 0 radical (unpaired) electrons. The highest BCUT2D eigenvalue weighted by molar-refractivity contribution is 7.92.